The summed E-state index contributed by atoms with van der Waals surface area (Å²) in [4.78, 5) is 24.3. The standard InChI is InChI=1S/C22H31NO.C16H16O2.C16H14O2.C9H8O2.C7H8O.C6H15N/c1-16(2)23(17(3)4)14-13-20(19-9-7-6-8-10-19)21-15-18(5)11-12-22(21)24;2*1-11-7-8-15-14(9-11)13(10-16(17)18-15)12-5-3-2-4-6-12;10-9(11)7-6-8-4-2-1-3-5-8;1-6-2-4-7(8)5-3-6;1-5(2)7-6(3)4/h6-12,15-17,20,24H,13-14H2,1-5H3;2-9,13,16-17H,10H2,1H3;2-9,13H,10H2,1H3;1-7H,(H,10,11);2-5,8H,1H3;5-7H,1-4H3/b;;;7-6+;;. The number of phenolic OH excluding ortho intramolecular Hbond substituents is 2. The van der Waals surface area contributed by atoms with E-state index in [1.807, 2.05) is 128 Å². The number of ether oxygens (including phenoxy) is 2. The number of carboxylic acids is 1. The summed E-state index contributed by atoms with van der Waals surface area (Å²) in [5, 5.41) is 40.6. The number of phenols is 2. The average molecular weight is 1160 g/mol. The molecule has 10 nitrogen and oxygen atoms in total. The van der Waals surface area contributed by atoms with Crippen LogP contribution in [0.1, 0.15) is 154 Å². The van der Waals surface area contributed by atoms with Gasteiger partial charge in [0.2, 0.25) is 0 Å². The second kappa shape index (κ2) is 35.2. The maximum atomic E-state index is 11.7. The van der Waals surface area contributed by atoms with E-state index in [0.717, 1.165) is 41.5 Å². The molecule has 10 heteroatoms. The van der Waals surface area contributed by atoms with Gasteiger partial charge < -0.3 is 35.2 Å². The number of aromatic hydroxyl groups is 2. The fraction of sp³-hybridized carbons (Fsp3) is 0.316. The lowest BCUT2D eigenvalue weighted by atomic mass is 9.85. The Morgan fingerprint density at radius 1 is 0.581 bits per heavy atom. The third kappa shape index (κ3) is 23.3. The van der Waals surface area contributed by atoms with Crippen molar-refractivity contribution in [2.75, 3.05) is 6.54 Å². The Labute approximate surface area is 512 Å². The number of nitrogens with zero attached hydrogens (tertiary/aromatic N) is 1. The van der Waals surface area contributed by atoms with E-state index in [1.54, 1.807) is 18.2 Å². The van der Waals surface area contributed by atoms with Gasteiger partial charge in [-0.1, -0.05) is 220 Å². The summed E-state index contributed by atoms with van der Waals surface area (Å²) in [6.45, 7) is 26.8. The second-order valence-corrected chi connectivity index (χ2v) is 23.1. The molecule has 0 saturated carbocycles. The van der Waals surface area contributed by atoms with Crippen molar-refractivity contribution in [2.45, 2.75) is 151 Å². The molecule has 0 aliphatic carbocycles. The van der Waals surface area contributed by atoms with Gasteiger partial charge in [0.15, 0.2) is 6.29 Å². The van der Waals surface area contributed by atoms with Gasteiger partial charge in [0.25, 0.3) is 0 Å². The quantitative estimate of drug-likeness (QED) is 0.0429. The zero-order valence-electron chi connectivity index (χ0n) is 52.5. The molecule has 0 bridgehead atoms. The van der Waals surface area contributed by atoms with Crippen molar-refractivity contribution in [1.29, 1.82) is 0 Å². The minimum atomic E-state index is -0.922. The Hall–Kier alpha value is -8.28. The van der Waals surface area contributed by atoms with Gasteiger partial charge in [0.1, 0.15) is 23.0 Å². The summed E-state index contributed by atoms with van der Waals surface area (Å²) in [6.07, 6.45) is 3.99. The van der Waals surface area contributed by atoms with E-state index in [1.165, 1.54) is 44.5 Å². The molecule has 2 aliphatic heterocycles. The second-order valence-electron chi connectivity index (χ2n) is 23.1. The van der Waals surface area contributed by atoms with Crippen LogP contribution in [0.15, 0.2) is 206 Å². The Kier molecular flexibility index (Phi) is 28.1. The molecule has 454 valence electrons. The third-order valence-corrected chi connectivity index (χ3v) is 14.5. The molecule has 8 aromatic rings. The predicted molar refractivity (Wildman–Crippen MR) is 353 cm³/mol. The molecule has 0 fully saturated rings. The van der Waals surface area contributed by atoms with Gasteiger partial charge in [-0.3, -0.25) is 9.69 Å². The molecule has 2 heterocycles. The maximum absolute atomic E-state index is 11.7. The molecule has 0 saturated heterocycles. The molecule has 0 radical (unpaired) electrons. The van der Waals surface area contributed by atoms with Crippen LogP contribution >= 0.6 is 0 Å². The fourth-order valence-electron chi connectivity index (χ4n) is 10.5. The van der Waals surface area contributed by atoms with E-state index in [4.69, 9.17) is 19.7 Å². The SMILES string of the molecule is CC(C)NC(C)C.Cc1ccc(O)c(C(CCN(C(C)C)C(C)C)c2ccccc2)c1.Cc1ccc(O)cc1.Cc1ccc2c(c1)C(c1ccccc1)CC(=O)O2.Cc1ccc2c(c1)C(c1ccccc1)CC(O)O2.O=C(O)/C=C/c1ccccc1. The zero-order chi connectivity index (χ0) is 62.7. The smallest absolute Gasteiger partial charge is 0.328 e. The number of nitrogens with one attached hydrogen (secondary N) is 1. The monoisotopic (exact) mass is 1160 g/mol. The first-order valence-electron chi connectivity index (χ1n) is 30.0. The number of rotatable bonds is 13. The number of fused-ring (bicyclic) bond motifs is 2. The van der Waals surface area contributed by atoms with Crippen LogP contribution in [0.5, 0.6) is 23.0 Å². The Morgan fingerprint density at radius 2 is 1.05 bits per heavy atom. The fourth-order valence-corrected chi connectivity index (χ4v) is 10.5. The number of carbonyl (C=O) groups is 2. The number of carboxylic acid groups (broad SMARTS) is 1. The lowest BCUT2D eigenvalue weighted by molar-refractivity contribution is -0.135. The molecule has 0 amide bonds. The van der Waals surface area contributed by atoms with Gasteiger partial charge in [-0.25, -0.2) is 4.79 Å². The van der Waals surface area contributed by atoms with Crippen LogP contribution in [0.4, 0.5) is 0 Å². The summed E-state index contributed by atoms with van der Waals surface area (Å²) in [6, 6.07) is 67.7. The van der Waals surface area contributed by atoms with Gasteiger partial charge in [0.05, 0.1) is 6.42 Å². The van der Waals surface area contributed by atoms with E-state index in [-0.39, 0.29) is 23.7 Å². The largest absolute Gasteiger partial charge is 0.508 e. The lowest BCUT2D eigenvalue weighted by Crippen LogP contribution is -2.38. The van der Waals surface area contributed by atoms with Crippen molar-refractivity contribution >= 4 is 18.0 Å². The van der Waals surface area contributed by atoms with Crippen molar-refractivity contribution < 1.29 is 39.5 Å². The molecule has 8 aromatic carbocycles. The van der Waals surface area contributed by atoms with Crippen LogP contribution in [0.3, 0.4) is 0 Å². The summed E-state index contributed by atoms with van der Waals surface area (Å²) >= 11 is 0. The number of aliphatic hydroxyl groups excluding tert-OH is 1. The first-order valence-corrected chi connectivity index (χ1v) is 30.0. The number of hydrogen-bond donors (Lipinski definition) is 5. The number of aryl methyl sites for hydroxylation is 4. The predicted octanol–water partition coefficient (Wildman–Crippen LogP) is 16.9. The minimum absolute atomic E-state index is 0.113. The van der Waals surface area contributed by atoms with Gasteiger partial charge in [0, 0.05) is 71.1 Å². The zero-order valence-corrected chi connectivity index (χ0v) is 52.5. The first kappa shape index (κ1) is 68.5. The molecule has 10 rings (SSSR count). The number of aliphatic hydroxyl groups is 1. The van der Waals surface area contributed by atoms with Crippen molar-refractivity contribution in [3.63, 3.8) is 0 Å². The van der Waals surface area contributed by atoms with Crippen molar-refractivity contribution in [1.82, 2.24) is 10.2 Å². The lowest BCUT2D eigenvalue weighted by Gasteiger charge is -2.32. The number of aliphatic carboxylic acids is 1. The van der Waals surface area contributed by atoms with Gasteiger partial charge >= 0.3 is 11.9 Å². The number of hydrogen-bond acceptors (Lipinski definition) is 9. The molecule has 4 atom stereocenters. The van der Waals surface area contributed by atoms with E-state index in [9.17, 15) is 19.8 Å². The van der Waals surface area contributed by atoms with E-state index in [2.05, 4.69) is 153 Å². The molecule has 0 spiro atoms. The topological polar surface area (TPSA) is 149 Å². The maximum Gasteiger partial charge on any atom is 0.328 e. The highest BCUT2D eigenvalue weighted by atomic mass is 16.6. The number of carbonyl (C=O) groups excluding carboxylic acids is 1. The normalized spacial score (nSPS) is 15.1. The molecule has 86 heavy (non-hydrogen) atoms. The van der Waals surface area contributed by atoms with Crippen LogP contribution in [-0.4, -0.2) is 74.3 Å². The first-order chi connectivity index (χ1) is 41.1. The summed E-state index contributed by atoms with van der Waals surface area (Å²) < 4.78 is 10.8. The van der Waals surface area contributed by atoms with E-state index < -0.39 is 12.3 Å². The highest BCUT2D eigenvalue weighted by molar-refractivity contribution is 5.85. The van der Waals surface area contributed by atoms with Crippen molar-refractivity contribution in [2.24, 2.45) is 0 Å². The van der Waals surface area contributed by atoms with Crippen molar-refractivity contribution in [3.8, 4) is 23.0 Å². The summed E-state index contributed by atoms with van der Waals surface area (Å²) in [5.74, 6) is 1.69. The third-order valence-electron chi connectivity index (χ3n) is 14.5. The van der Waals surface area contributed by atoms with Crippen molar-refractivity contribution in [3.05, 3.63) is 267 Å². The van der Waals surface area contributed by atoms with Crippen LogP contribution < -0.4 is 14.8 Å². The van der Waals surface area contributed by atoms with Crippen LogP contribution in [-0.2, 0) is 9.59 Å². The number of esters is 1. The molecule has 0 aromatic heterocycles. The molecular formula is C76H92N2O8. The van der Waals surface area contributed by atoms with Gasteiger partial charge in [-0.05, 0) is 127 Å². The summed E-state index contributed by atoms with van der Waals surface area (Å²) in [7, 11) is 0. The summed E-state index contributed by atoms with van der Waals surface area (Å²) in [5.41, 5.74) is 12.6. The Bertz CT molecular complexity index is 3260. The Morgan fingerprint density at radius 3 is 1.55 bits per heavy atom. The highest BCUT2D eigenvalue weighted by Crippen LogP contribution is 2.41. The van der Waals surface area contributed by atoms with E-state index >= 15 is 0 Å². The average Bonchev–Trinajstić information content (AvgIpc) is 1.48. The van der Waals surface area contributed by atoms with Gasteiger partial charge in [-0.2, -0.15) is 0 Å². The highest BCUT2D eigenvalue weighted by Gasteiger charge is 2.30. The Balaban J connectivity index is 0.000000197. The van der Waals surface area contributed by atoms with Crippen LogP contribution in [0.25, 0.3) is 6.08 Å². The number of benzene rings is 8. The van der Waals surface area contributed by atoms with E-state index in [0.29, 0.717) is 54.3 Å². The molecular weight excluding hydrogens is 1070 g/mol. The van der Waals surface area contributed by atoms with Gasteiger partial charge in [-0.15, -0.1) is 0 Å². The van der Waals surface area contributed by atoms with Crippen LogP contribution in [0.2, 0.25) is 0 Å². The molecule has 5 N–H and O–H groups in total. The minimum Gasteiger partial charge on any atom is -0.508 e. The molecule has 2 aliphatic rings. The van der Waals surface area contributed by atoms with Crippen LogP contribution in [0, 0.1) is 27.7 Å². The molecule has 4 unspecified atom stereocenters.